The van der Waals surface area contributed by atoms with Crippen molar-refractivity contribution in [3.8, 4) is 16.9 Å². The number of thiophene rings is 1. The number of rotatable bonds is 7. The second kappa shape index (κ2) is 11.7. The van der Waals surface area contributed by atoms with Crippen LogP contribution in [0.25, 0.3) is 21.2 Å². The first-order valence-corrected chi connectivity index (χ1v) is 16.4. The van der Waals surface area contributed by atoms with Crippen LogP contribution >= 0.6 is 22.9 Å². The Hall–Kier alpha value is -3.01. The van der Waals surface area contributed by atoms with E-state index in [4.69, 9.17) is 16.3 Å². The monoisotopic (exact) mass is 617 g/mol. The van der Waals surface area contributed by atoms with E-state index in [1.54, 1.807) is 41.3 Å². The summed E-state index contributed by atoms with van der Waals surface area (Å²) in [5.74, 6) is -0.654. The lowest BCUT2D eigenvalue weighted by Gasteiger charge is -2.36. The normalized spacial score (nSPS) is 17.5. The Morgan fingerprint density at radius 3 is 2.39 bits per heavy atom. The van der Waals surface area contributed by atoms with Gasteiger partial charge in [0.1, 0.15) is 22.3 Å². The van der Waals surface area contributed by atoms with Crippen molar-refractivity contribution >= 4 is 48.8 Å². The predicted molar refractivity (Wildman–Crippen MR) is 160 cm³/mol. The molecule has 0 N–H and O–H groups in total. The molecule has 0 spiro atoms. The van der Waals surface area contributed by atoms with Crippen LogP contribution in [0.1, 0.15) is 47.8 Å². The first kappa shape index (κ1) is 29.5. The number of carbonyl (C=O) groups is 1. The molecule has 0 atom stereocenters. The minimum absolute atomic E-state index is 0.00697. The van der Waals surface area contributed by atoms with E-state index in [9.17, 15) is 22.0 Å². The molecular weight excluding hydrogens is 588 g/mol. The Morgan fingerprint density at radius 2 is 1.73 bits per heavy atom. The number of amides is 1. The molecule has 216 valence electrons. The zero-order valence-electron chi connectivity index (χ0n) is 22.9. The van der Waals surface area contributed by atoms with Crippen molar-refractivity contribution < 1.29 is 26.7 Å². The van der Waals surface area contributed by atoms with Gasteiger partial charge in [0.15, 0.2) is 9.84 Å². The van der Waals surface area contributed by atoms with Crippen molar-refractivity contribution in [3.63, 3.8) is 0 Å². The maximum atomic E-state index is 14.6. The van der Waals surface area contributed by atoms with Gasteiger partial charge >= 0.3 is 0 Å². The van der Waals surface area contributed by atoms with Crippen molar-refractivity contribution in [1.82, 2.24) is 4.90 Å². The van der Waals surface area contributed by atoms with Crippen LogP contribution in [0, 0.1) is 17.6 Å². The highest BCUT2D eigenvalue weighted by Crippen LogP contribution is 2.41. The van der Waals surface area contributed by atoms with Gasteiger partial charge in [0.05, 0.1) is 27.1 Å². The van der Waals surface area contributed by atoms with E-state index < -0.39 is 27.4 Å². The number of carbonyl (C=O) groups excluding carboxylic acids is 1. The molecule has 4 aromatic rings. The fourth-order valence-corrected chi connectivity index (χ4v) is 7.98. The average molecular weight is 618 g/mol. The fraction of sp³-hybridized carbons (Fsp3) is 0.323. The number of sulfone groups is 1. The van der Waals surface area contributed by atoms with Crippen LogP contribution in [0.4, 0.5) is 8.78 Å². The molecule has 0 saturated heterocycles. The summed E-state index contributed by atoms with van der Waals surface area (Å²) in [7, 11) is -1.97. The van der Waals surface area contributed by atoms with E-state index in [1.807, 2.05) is 6.07 Å². The summed E-state index contributed by atoms with van der Waals surface area (Å²) in [6, 6.07) is 14.1. The number of hydrogen-bond acceptors (Lipinski definition) is 5. The zero-order chi connectivity index (χ0) is 29.5. The molecule has 0 bridgehead atoms. The number of halogens is 3. The Labute approximate surface area is 247 Å². The smallest absolute Gasteiger partial charge is 0.266 e. The van der Waals surface area contributed by atoms with Gasteiger partial charge in [-0.15, -0.1) is 11.3 Å². The molecule has 1 heterocycles. The largest absolute Gasteiger partial charge is 0.496 e. The van der Waals surface area contributed by atoms with Crippen LogP contribution in [0.2, 0.25) is 5.02 Å². The van der Waals surface area contributed by atoms with Crippen molar-refractivity contribution in [1.29, 1.82) is 0 Å². The van der Waals surface area contributed by atoms with Crippen LogP contribution in [0.15, 0.2) is 59.5 Å². The molecule has 1 saturated carbocycles. The fourth-order valence-electron chi connectivity index (χ4n) is 5.57. The third-order valence-corrected chi connectivity index (χ3v) is 10.6. The molecule has 3 aromatic carbocycles. The van der Waals surface area contributed by atoms with E-state index in [2.05, 4.69) is 6.92 Å². The highest BCUT2D eigenvalue weighted by atomic mass is 35.5. The van der Waals surface area contributed by atoms with E-state index in [0.29, 0.717) is 28.4 Å². The lowest BCUT2D eigenvalue weighted by Crippen LogP contribution is -2.41. The van der Waals surface area contributed by atoms with E-state index in [0.717, 1.165) is 49.2 Å². The first-order valence-electron chi connectivity index (χ1n) is 13.3. The molecule has 0 unspecified atom stereocenters. The molecular formula is C31H30ClF2NO4S2. The summed E-state index contributed by atoms with van der Waals surface area (Å²) in [4.78, 5) is 16.2. The summed E-state index contributed by atoms with van der Waals surface area (Å²) in [6.45, 7) is 2.33. The van der Waals surface area contributed by atoms with E-state index >= 15 is 0 Å². The first-order chi connectivity index (χ1) is 19.5. The molecule has 1 amide bonds. The van der Waals surface area contributed by atoms with E-state index in [-0.39, 0.29) is 37.5 Å². The predicted octanol–water partition coefficient (Wildman–Crippen LogP) is 8.13. The van der Waals surface area contributed by atoms with Gasteiger partial charge < -0.3 is 9.64 Å². The Morgan fingerprint density at radius 1 is 1.05 bits per heavy atom. The summed E-state index contributed by atoms with van der Waals surface area (Å²) < 4.78 is 59.9. The maximum absolute atomic E-state index is 14.6. The van der Waals surface area contributed by atoms with Crippen LogP contribution in [0.3, 0.4) is 0 Å². The number of ether oxygens (including phenoxy) is 1. The highest BCUT2D eigenvalue weighted by Gasteiger charge is 2.32. The standard InChI is InChI=1S/C31H30ClF2NO4S2/c1-18-8-11-21(12-9-18)35(31(36)30-28(32)27-23(33)13-14-24(34)29(27)40-30)17-20-16-19(10-15-25(20)39-2)22-6-4-5-7-26(22)41(3,37)38/h4-7,10,13-16,18,21H,8-9,11-12,17H2,1-3H3. The molecule has 1 fully saturated rings. The molecule has 0 aliphatic heterocycles. The molecule has 10 heteroatoms. The lowest BCUT2D eigenvalue weighted by molar-refractivity contribution is 0.0597. The highest BCUT2D eigenvalue weighted by molar-refractivity contribution is 7.90. The van der Waals surface area contributed by atoms with Crippen molar-refractivity contribution in [3.05, 3.63) is 81.7 Å². The summed E-state index contributed by atoms with van der Waals surface area (Å²) in [6.07, 6.45) is 4.60. The number of hydrogen-bond donors (Lipinski definition) is 0. The second-order valence-corrected chi connectivity index (χ2v) is 14.0. The SMILES string of the molecule is COc1ccc(-c2ccccc2S(C)(=O)=O)cc1CN(C(=O)c1sc2c(F)ccc(F)c2c1Cl)C1CCC(C)CC1. The van der Waals surface area contributed by atoms with Gasteiger partial charge in [-0.25, -0.2) is 17.2 Å². The van der Waals surface area contributed by atoms with Gasteiger partial charge in [-0.05, 0) is 67.5 Å². The maximum Gasteiger partial charge on any atom is 0.266 e. The third kappa shape index (κ3) is 5.85. The summed E-state index contributed by atoms with van der Waals surface area (Å²) in [5, 5.41) is -0.182. The number of methoxy groups -OCH3 is 1. The summed E-state index contributed by atoms with van der Waals surface area (Å²) in [5.41, 5.74) is 1.88. The minimum Gasteiger partial charge on any atom is -0.496 e. The number of fused-ring (bicyclic) bond motifs is 1. The third-order valence-electron chi connectivity index (χ3n) is 7.78. The Balaban J connectivity index is 1.60. The molecule has 1 aliphatic rings. The van der Waals surface area contributed by atoms with Crippen molar-refractivity contribution in [2.24, 2.45) is 5.92 Å². The molecule has 1 aliphatic carbocycles. The second-order valence-electron chi connectivity index (χ2n) is 10.6. The number of nitrogens with zero attached hydrogens (tertiary/aromatic N) is 1. The average Bonchev–Trinajstić information content (AvgIpc) is 3.31. The lowest BCUT2D eigenvalue weighted by atomic mass is 9.86. The van der Waals surface area contributed by atoms with Gasteiger partial charge in [-0.1, -0.05) is 42.8 Å². The molecule has 1 aromatic heterocycles. The summed E-state index contributed by atoms with van der Waals surface area (Å²) >= 11 is 7.39. The topological polar surface area (TPSA) is 63.7 Å². The molecule has 5 rings (SSSR count). The molecule has 0 radical (unpaired) electrons. The van der Waals surface area contributed by atoms with Gasteiger partial charge in [-0.2, -0.15) is 0 Å². The molecule has 5 nitrogen and oxygen atoms in total. The Kier molecular flexibility index (Phi) is 8.41. The zero-order valence-corrected chi connectivity index (χ0v) is 25.3. The van der Waals surface area contributed by atoms with Gasteiger partial charge in [0.2, 0.25) is 0 Å². The van der Waals surface area contributed by atoms with Gasteiger partial charge in [-0.3, -0.25) is 4.79 Å². The minimum atomic E-state index is -3.50. The van der Waals surface area contributed by atoms with Crippen molar-refractivity contribution in [2.75, 3.05) is 13.4 Å². The van der Waals surface area contributed by atoms with Crippen LogP contribution < -0.4 is 4.74 Å². The van der Waals surface area contributed by atoms with Gasteiger partial charge in [0, 0.05) is 30.0 Å². The van der Waals surface area contributed by atoms with Gasteiger partial charge in [0.25, 0.3) is 5.91 Å². The van der Waals surface area contributed by atoms with Crippen molar-refractivity contribution in [2.45, 2.75) is 50.1 Å². The number of benzene rings is 3. The quantitative estimate of drug-likeness (QED) is 0.210. The Bertz CT molecular complexity index is 1730. The molecule has 41 heavy (non-hydrogen) atoms. The van der Waals surface area contributed by atoms with Crippen LogP contribution in [-0.4, -0.2) is 38.6 Å². The van der Waals surface area contributed by atoms with Crippen LogP contribution in [0.5, 0.6) is 5.75 Å². The van der Waals surface area contributed by atoms with Crippen LogP contribution in [-0.2, 0) is 16.4 Å². The van der Waals surface area contributed by atoms with E-state index in [1.165, 1.54) is 13.4 Å².